The number of ketones is 1. The fourth-order valence-electron chi connectivity index (χ4n) is 0.930. The molecule has 0 amide bonds. The predicted octanol–water partition coefficient (Wildman–Crippen LogP) is 2.16. The zero-order chi connectivity index (χ0) is 11.0. The van der Waals surface area contributed by atoms with E-state index in [1.165, 1.54) is 0 Å². The van der Waals surface area contributed by atoms with Crippen LogP contribution in [0.5, 0.6) is 0 Å². The molecule has 78 valence electrons. The summed E-state index contributed by atoms with van der Waals surface area (Å²) in [6.45, 7) is 6.20. The molecule has 1 heterocycles. The van der Waals surface area contributed by atoms with Crippen LogP contribution in [0.1, 0.15) is 43.4 Å². The van der Waals surface area contributed by atoms with E-state index in [-0.39, 0.29) is 5.78 Å². The van der Waals surface area contributed by atoms with Crippen LogP contribution >= 0.6 is 0 Å². The molecule has 1 aromatic rings. The van der Waals surface area contributed by atoms with E-state index in [1.807, 2.05) is 26.8 Å². The minimum atomic E-state index is 0.0605. The summed E-state index contributed by atoms with van der Waals surface area (Å²) < 4.78 is 0. The molecule has 2 N–H and O–H groups in total. The van der Waals surface area contributed by atoms with Gasteiger partial charge in [-0.25, -0.2) is 4.98 Å². The monoisotopic (exact) mass is 194 g/mol. The highest BCUT2D eigenvalue weighted by atomic mass is 16.1. The molecule has 3 heteroatoms. The first-order chi connectivity index (χ1) is 6.77. The van der Waals surface area contributed by atoms with Crippen molar-refractivity contribution in [3.8, 4) is 0 Å². The number of pyridine rings is 1. The molecule has 0 unspecified atom stereocenters. The molecule has 1 rings (SSSR count). The summed E-state index contributed by atoms with van der Waals surface area (Å²) in [5, 5.41) is 0. The summed E-state index contributed by atoms with van der Waals surface area (Å²) in [6.07, 6.45) is 0.487. The number of nitrogens with two attached hydrogens (primary N) is 1. The van der Waals surface area contributed by atoms with Gasteiger partial charge in [-0.2, -0.15) is 0 Å². The number of carbonyl (C=O) groups is 1. The molecule has 0 atom stereocenters. The van der Waals surface area contributed by atoms with Crippen LogP contribution in [0.2, 0.25) is 0 Å². The molecule has 1 aromatic heterocycles. The molecule has 0 aliphatic carbocycles. The second kappa shape index (κ2) is 7.21. The summed E-state index contributed by atoms with van der Waals surface area (Å²) in [5.74, 6) is 0.0605. The van der Waals surface area contributed by atoms with Gasteiger partial charge in [0.2, 0.25) is 0 Å². The molecule has 0 aromatic carbocycles. The topological polar surface area (TPSA) is 56.0 Å². The van der Waals surface area contributed by atoms with Gasteiger partial charge < -0.3 is 5.73 Å². The lowest BCUT2D eigenvalue weighted by Gasteiger charge is -1.99. The van der Waals surface area contributed by atoms with Crippen LogP contribution in [0.4, 0.5) is 0 Å². The molecule has 0 aliphatic heterocycles. The Hall–Kier alpha value is -1.22. The van der Waals surface area contributed by atoms with Crippen LogP contribution in [0.15, 0.2) is 18.2 Å². The number of hydrogen-bond donors (Lipinski definition) is 1. The molecular formula is C11H18N2O. The van der Waals surface area contributed by atoms with E-state index in [0.29, 0.717) is 18.7 Å². The molecule has 0 bridgehead atoms. The molecular weight excluding hydrogens is 176 g/mol. The number of nitrogens with zero attached hydrogens (tertiary/aromatic N) is 1. The normalized spacial score (nSPS) is 8.86. The Morgan fingerprint density at radius 2 is 2.07 bits per heavy atom. The number of rotatable bonds is 3. The third-order valence-corrected chi connectivity index (χ3v) is 1.62. The zero-order valence-corrected chi connectivity index (χ0v) is 9.08. The lowest BCUT2D eigenvalue weighted by atomic mass is 10.2. The van der Waals surface area contributed by atoms with Gasteiger partial charge in [0.15, 0.2) is 5.78 Å². The summed E-state index contributed by atoms with van der Waals surface area (Å²) in [5.41, 5.74) is 6.66. The maximum atomic E-state index is 11.2. The Labute approximate surface area is 85.3 Å². The maximum Gasteiger partial charge on any atom is 0.180 e. The molecule has 0 radical (unpaired) electrons. The second-order valence-electron chi connectivity index (χ2n) is 2.50. The quantitative estimate of drug-likeness (QED) is 0.750. The minimum absolute atomic E-state index is 0.0605. The average Bonchev–Trinajstić information content (AvgIpc) is 2.30. The Kier molecular flexibility index (Phi) is 6.58. The van der Waals surface area contributed by atoms with E-state index in [9.17, 15) is 4.79 Å². The minimum Gasteiger partial charge on any atom is -0.325 e. The molecule has 14 heavy (non-hydrogen) atoms. The first kappa shape index (κ1) is 12.8. The van der Waals surface area contributed by atoms with Gasteiger partial charge >= 0.3 is 0 Å². The number of Topliss-reactive ketones (excluding diaryl/α,β-unsaturated/α-hetero) is 1. The maximum absolute atomic E-state index is 11.2. The molecule has 0 saturated heterocycles. The van der Waals surface area contributed by atoms with Crippen LogP contribution in [-0.4, -0.2) is 10.8 Å². The van der Waals surface area contributed by atoms with Gasteiger partial charge in [0.05, 0.1) is 5.69 Å². The van der Waals surface area contributed by atoms with Crippen LogP contribution in [0.25, 0.3) is 0 Å². The SMILES string of the molecule is CC.CCC(=O)c1cccc(CN)n1. The summed E-state index contributed by atoms with van der Waals surface area (Å²) >= 11 is 0. The van der Waals surface area contributed by atoms with E-state index in [4.69, 9.17) is 5.73 Å². The molecule has 0 aliphatic rings. The van der Waals surface area contributed by atoms with Crippen molar-refractivity contribution < 1.29 is 4.79 Å². The van der Waals surface area contributed by atoms with E-state index in [1.54, 1.807) is 12.1 Å². The fourth-order valence-corrected chi connectivity index (χ4v) is 0.930. The Morgan fingerprint density at radius 3 is 2.57 bits per heavy atom. The lowest BCUT2D eigenvalue weighted by molar-refractivity contribution is 0.0983. The van der Waals surface area contributed by atoms with Gasteiger partial charge in [0.25, 0.3) is 0 Å². The molecule has 0 fully saturated rings. The van der Waals surface area contributed by atoms with Crippen molar-refractivity contribution in [3.63, 3.8) is 0 Å². The van der Waals surface area contributed by atoms with Gasteiger partial charge in [-0.1, -0.05) is 26.8 Å². The Bertz CT molecular complexity index is 284. The van der Waals surface area contributed by atoms with E-state index < -0.39 is 0 Å². The van der Waals surface area contributed by atoms with Gasteiger partial charge in [0.1, 0.15) is 5.69 Å². The summed E-state index contributed by atoms with van der Waals surface area (Å²) in [6, 6.07) is 5.33. The van der Waals surface area contributed by atoms with Crippen molar-refractivity contribution >= 4 is 5.78 Å². The average molecular weight is 194 g/mol. The van der Waals surface area contributed by atoms with E-state index in [2.05, 4.69) is 4.98 Å². The molecule has 0 saturated carbocycles. The van der Waals surface area contributed by atoms with Crippen molar-refractivity contribution in [1.82, 2.24) is 4.98 Å². The zero-order valence-electron chi connectivity index (χ0n) is 9.08. The van der Waals surface area contributed by atoms with Crippen molar-refractivity contribution in [2.75, 3.05) is 0 Å². The van der Waals surface area contributed by atoms with Crippen LogP contribution in [-0.2, 0) is 6.54 Å². The van der Waals surface area contributed by atoms with Gasteiger partial charge in [0, 0.05) is 13.0 Å². The van der Waals surface area contributed by atoms with Gasteiger partial charge in [-0.15, -0.1) is 0 Å². The largest absolute Gasteiger partial charge is 0.325 e. The Balaban J connectivity index is 0.000000791. The standard InChI is InChI=1S/C9H12N2O.C2H6/c1-2-9(12)8-5-3-4-7(6-10)11-8;1-2/h3-5H,2,6,10H2,1H3;1-2H3. The number of aromatic nitrogens is 1. The summed E-state index contributed by atoms with van der Waals surface area (Å²) in [4.78, 5) is 15.3. The van der Waals surface area contributed by atoms with Crippen LogP contribution in [0, 0.1) is 0 Å². The van der Waals surface area contributed by atoms with Crippen LogP contribution < -0.4 is 5.73 Å². The van der Waals surface area contributed by atoms with Crippen molar-refractivity contribution in [1.29, 1.82) is 0 Å². The van der Waals surface area contributed by atoms with Crippen LogP contribution in [0.3, 0.4) is 0 Å². The van der Waals surface area contributed by atoms with Gasteiger partial charge in [-0.05, 0) is 12.1 Å². The second-order valence-corrected chi connectivity index (χ2v) is 2.50. The van der Waals surface area contributed by atoms with Gasteiger partial charge in [-0.3, -0.25) is 4.79 Å². The Morgan fingerprint density at radius 1 is 1.43 bits per heavy atom. The third-order valence-electron chi connectivity index (χ3n) is 1.62. The highest BCUT2D eigenvalue weighted by molar-refractivity contribution is 5.93. The smallest absolute Gasteiger partial charge is 0.180 e. The fraction of sp³-hybridized carbons (Fsp3) is 0.455. The predicted molar refractivity (Wildman–Crippen MR) is 58.1 cm³/mol. The third kappa shape index (κ3) is 3.66. The first-order valence-electron chi connectivity index (χ1n) is 4.97. The first-order valence-corrected chi connectivity index (χ1v) is 4.97. The summed E-state index contributed by atoms with van der Waals surface area (Å²) in [7, 11) is 0. The van der Waals surface area contributed by atoms with E-state index >= 15 is 0 Å². The molecule has 3 nitrogen and oxygen atoms in total. The highest BCUT2D eigenvalue weighted by Gasteiger charge is 2.03. The highest BCUT2D eigenvalue weighted by Crippen LogP contribution is 2.01. The number of carbonyl (C=O) groups excluding carboxylic acids is 1. The number of hydrogen-bond acceptors (Lipinski definition) is 3. The molecule has 0 spiro atoms. The lowest BCUT2D eigenvalue weighted by Crippen LogP contribution is -2.05. The van der Waals surface area contributed by atoms with Crippen molar-refractivity contribution in [3.05, 3.63) is 29.6 Å². The van der Waals surface area contributed by atoms with E-state index in [0.717, 1.165) is 5.69 Å². The van der Waals surface area contributed by atoms with Crippen molar-refractivity contribution in [2.45, 2.75) is 33.7 Å². The van der Waals surface area contributed by atoms with Crippen molar-refractivity contribution in [2.24, 2.45) is 5.73 Å².